The number of carbonyl (C=O) groups excluding carboxylic acids is 1. The highest BCUT2D eigenvalue weighted by atomic mass is 35.5. The zero-order valence-corrected chi connectivity index (χ0v) is 13.0. The van der Waals surface area contributed by atoms with Crippen molar-refractivity contribution in [2.75, 3.05) is 12.3 Å². The third kappa shape index (κ3) is 4.51. The predicted octanol–water partition coefficient (Wildman–Crippen LogP) is 3.50. The number of thioether (sulfide) groups is 1. The van der Waals surface area contributed by atoms with Crippen molar-refractivity contribution in [1.29, 1.82) is 0 Å². The van der Waals surface area contributed by atoms with Gasteiger partial charge in [-0.15, -0.1) is 0 Å². The minimum absolute atomic E-state index is 0.104. The van der Waals surface area contributed by atoms with Gasteiger partial charge in [0, 0.05) is 24.4 Å². The summed E-state index contributed by atoms with van der Waals surface area (Å²) in [6.45, 7) is 0.434. The molecule has 0 fully saturated rings. The Morgan fingerprint density at radius 2 is 2.23 bits per heavy atom. The number of non-ortho nitro benzene ring substituents is 1. The lowest BCUT2D eigenvalue weighted by Gasteiger charge is -2.06. The lowest BCUT2D eigenvalue weighted by atomic mass is 10.2. The molecule has 22 heavy (non-hydrogen) atoms. The molecular weight excluding hydrogens is 328 g/mol. The van der Waals surface area contributed by atoms with E-state index >= 15 is 0 Å². The van der Waals surface area contributed by atoms with Gasteiger partial charge in [0.1, 0.15) is 5.76 Å². The van der Waals surface area contributed by atoms with Crippen LogP contribution in [0.4, 0.5) is 5.69 Å². The number of furan rings is 1. The highest BCUT2D eigenvalue weighted by Gasteiger charge is 2.15. The van der Waals surface area contributed by atoms with Crippen LogP contribution in [0.25, 0.3) is 0 Å². The standard InChI is InChI=1S/C14H13ClN2O4S/c15-13-4-3-10(17(19)20)8-12(13)14(18)16-5-7-22-9-11-2-1-6-21-11/h1-4,6,8H,5,7,9H2,(H,16,18). The van der Waals surface area contributed by atoms with E-state index in [1.807, 2.05) is 12.1 Å². The Balaban J connectivity index is 1.82. The first kappa shape index (κ1) is 16.4. The molecule has 0 aliphatic carbocycles. The number of nitrogens with zero attached hydrogens (tertiary/aromatic N) is 1. The van der Waals surface area contributed by atoms with Crippen LogP contribution in [0.3, 0.4) is 0 Å². The van der Waals surface area contributed by atoms with E-state index in [-0.39, 0.29) is 16.3 Å². The summed E-state index contributed by atoms with van der Waals surface area (Å²) in [6, 6.07) is 7.49. The number of nitro groups is 1. The summed E-state index contributed by atoms with van der Waals surface area (Å²) in [5.74, 6) is 1.87. The van der Waals surface area contributed by atoms with Crippen LogP contribution in [0, 0.1) is 10.1 Å². The molecule has 0 unspecified atom stereocenters. The summed E-state index contributed by atoms with van der Waals surface area (Å²) in [7, 11) is 0. The van der Waals surface area contributed by atoms with Crippen molar-refractivity contribution in [3.63, 3.8) is 0 Å². The van der Waals surface area contributed by atoms with Gasteiger partial charge < -0.3 is 9.73 Å². The molecule has 8 heteroatoms. The Kier molecular flexibility index (Phi) is 5.85. The third-order valence-electron chi connectivity index (χ3n) is 2.76. The molecule has 1 heterocycles. The number of hydrogen-bond donors (Lipinski definition) is 1. The Hall–Kier alpha value is -1.99. The number of amides is 1. The predicted molar refractivity (Wildman–Crippen MR) is 85.3 cm³/mol. The largest absolute Gasteiger partial charge is 0.468 e. The van der Waals surface area contributed by atoms with Crippen molar-refractivity contribution in [3.8, 4) is 0 Å². The summed E-state index contributed by atoms with van der Waals surface area (Å²) >= 11 is 7.51. The number of hydrogen-bond acceptors (Lipinski definition) is 5. The molecule has 0 saturated carbocycles. The van der Waals surface area contributed by atoms with Crippen LogP contribution < -0.4 is 5.32 Å². The van der Waals surface area contributed by atoms with Crippen molar-refractivity contribution in [2.24, 2.45) is 0 Å². The highest BCUT2D eigenvalue weighted by Crippen LogP contribution is 2.22. The molecule has 0 atom stereocenters. The summed E-state index contributed by atoms with van der Waals surface area (Å²) < 4.78 is 5.19. The number of benzene rings is 1. The smallest absolute Gasteiger partial charge is 0.270 e. The number of rotatable bonds is 7. The first-order chi connectivity index (χ1) is 10.6. The van der Waals surface area contributed by atoms with Crippen molar-refractivity contribution in [2.45, 2.75) is 5.75 Å². The Bertz CT molecular complexity index is 661. The first-order valence-electron chi connectivity index (χ1n) is 6.40. The van der Waals surface area contributed by atoms with Crippen LogP contribution in [-0.4, -0.2) is 23.1 Å². The fourth-order valence-corrected chi connectivity index (χ4v) is 2.66. The van der Waals surface area contributed by atoms with E-state index in [0.717, 1.165) is 11.5 Å². The van der Waals surface area contributed by atoms with Crippen LogP contribution in [0.1, 0.15) is 16.1 Å². The van der Waals surface area contributed by atoms with Gasteiger partial charge >= 0.3 is 0 Å². The number of nitro benzene ring substituents is 1. The molecule has 2 rings (SSSR count). The van der Waals surface area contributed by atoms with Crippen molar-refractivity contribution < 1.29 is 14.1 Å². The van der Waals surface area contributed by atoms with Crippen molar-refractivity contribution in [3.05, 3.63) is 63.1 Å². The van der Waals surface area contributed by atoms with Crippen LogP contribution >= 0.6 is 23.4 Å². The van der Waals surface area contributed by atoms with E-state index in [4.69, 9.17) is 16.0 Å². The molecule has 0 spiro atoms. The molecule has 6 nitrogen and oxygen atoms in total. The lowest BCUT2D eigenvalue weighted by molar-refractivity contribution is -0.384. The SMILES string of the molecule is O=C(NCCSCc1ccco1)c1cc([N+](=O)[O-])ccc1Cl. The van der Waals surface area contributed by atoms with Gasteiger partial charge in [-0.1, -0.05) is 11.6 Å². The summed E-state index contributed by atoms with van der Waals surface area (Å²) in [6.07, 6.45) is 1.61. The van der Waals surface area contributed by atoms with Crippen LogP contribution in [-0.2, 0) is 5.75 Å². The van der Waals surface area contributed by atoms with Crippen molar-refractivity contribution in [1.82, 2.24) is 5.32 Å². The Morgan fingerprint density at radius 3 is 2.91 bits per heavy atom. The molecule has 1 N–H and O–H groups in total. The first-order valence-corrected chi connectivity index (χ1v) is 7.93. The molecule has 2 aromatic rings. The normalized spacial score (nSPS) is 10.4. The van der Waals surface area contributed by atoms with Gasteiger partial charge in [-0.25, -0.2) is 0 Å². The van der Waals surface area contributed by atoms with Gasteiger partial charge in [0.15, 0.2) is 0 Å². The maximum absolute atomic E-state index is 12.0. The number of halogens is 1. The quantitative estimate of drug-likeness (QED) is 0.473. The zero-order chi connectivity index (χ0) is 15.9. The molecule has 1 amide bonds. The summed E-state index contributed by atoms with van der Waals surface area (Å²) in [4.78, 5) is 22.1. The fraction of sp³-hybridized carbons (Fsp3) is 0.214. The second kappa shape index (κ2) is 7.86. The van der Waals surface area contributed by atoms with E-state index in [1.54, 1.807) is 18.0 Å². The van der Waals surface area contributed by atoms with Crippen molar-refractivity contribution >= 4 is 35.0 Å². The minimum Gasteiger partial charge on any atom is -0.468 e. The molecule has 0 aliphatic heterocycles. The van der Waals surface area contributed by atoms with Crippen LogP contribution in [0.5, 0.6) is 0 Å². The molecule has 116 valence electrons. The second-order valence-electron chi connectivity index (χ2n) is 4.31. The Labute approximate surface area is 136 Å². The Morgan fingerprint density at radius 1 is 1.41 bits per heavy atom. The van der Waals surface area contributed by atoms with E-state index < -0.39 is 10.8 Å². The molecule has 0 bridgehead atoms. The monoisotopic (exact) mass is 340 g/mol. The number of nitrogens with one attached hydrogen (secondary N) is 1. The third-order valence-corrected chi connectivity index (χ3v) is 4.07. The summed E-state index contributed by atoms with van der Waals surface area (Å²) in [5, 5.41) is 13.6. The van der Waals surface area contributed by atoms with Gasteiger partial charge in [0.2, 0.25) is 0 Å². The van der Waals surface area contributed by atoms with Gasteiger partial charge in [-0.05, 0) is 18.2 Å². The molecule has 0 saturated heterocycles. The van der Waals surface area contributed by atoms with E-state index in [2.05, 4.69) is 5.32 Å². The zero-order valence-electron chi connectivity index (χ0n) is 11.5. The summed E-state index contributed by atoms with van der Waals surface area (Å²) in [5.41, 5.74) is -0.0614. The maximum Gasteiger partial charge on any atom is 0.270 e. The van der Waals surface area contributed by atoms with Gasteiger partial charge in [0.05, 0.1) is 27.5 Å². The molecular formula is C14H13ClN2O4S. The van der Waals surface area contributed by atoms with Gasteiger partial charge in [0.25, 0.3) is 11.6 Å². The van der Waals surface area contributed by atoms with Gasteiger partial charge in [-0.3, -0.25) is 14.9 Å². The average molecular weight is 341 g/mol. The second-order valence-corrected chi connectivity index (χ2v) is 5.82. The maximum atomic E-state index is 12.0. The van der Waals surface area contributed by atoms with Gasteiger partial charge in [-0.2, -0.15) is 11.8 Å². The minimum atomic E-state index is -0.563. The lowest BCUT2D eigenvalue weighted by Crippen LogP contribution is -2.26. The highest BCUT2D eigenvalue weighted by molar-refractivity contribution is 7.98. The molecule has 0 aliphatic rings. The van der Waals surface area contributed by atoms with Crippen LogP contribution in [0.2, 0.25) is 5.02 Å². The van der Waals surface area contributed by atoms with E-state index in [9.17, 15) is 14.9 Å². The average Bonchev–Trinajstić information content (AvgIpc) is 3.00. The van der Waals surface area contributed by atoms with E-state index in [0.29, 0.717) is 12.3 Å². The molecule has 0 radical (unpaired) electrons. The molecule has 1 aromatic carbocycles. The fourth-order valence-electron chi connectivity index (χ4n) is 1.70. The van der Waals surface area contributed by atoms with E-state index in [1.165, 1.54) is 18.2 Å². The number of carbonyl (C=O) groups is 1. The molecule has 1 aromatic heterocycles. The van der Waals surface area contributed by atoms with Crippen LogP contribution in [0.15, 0.2) is 41.0 Å². The topological polar surface area (TPSA) is 85.4 Å².